The van der Waals surface area contributed by atoms with Gasteiger partial charge in [0.1, 0.15) is 6.04 Å². The van der Waals surface area contributed by atoms with Gasteiger partial charge in [-0.05, 0) is 40.5 Å². The summed E-state index contributed by atoms with van der Waals surface area (Å²) in [6.45, 7) is 8.32. The number of hydrogen-bond acceptors (Lipinski definition) is 2. The lowest BCUT2D eigenvalue weighted by Crippen LogP contribution is -2.53. The lowest BCUT2D eigenvalue weighted by atomic mass is 10.1. The number of nitrogens with one attached hydrogen (secondary N) is 1. The molecule has 1 N–H and O–H groups in total. The van der Waals surface area contributed by atoms with Gasteiger partial charge in [0.15, 0.2) is 0 Å². The van der Waals surface area contributed by atoms with Crippen molar-refractivity contribution in [1.82, 2.24) is 10.2 Å². The molecular weight excluding hydrogens is 204 g/mol. The van der Waals surface area contributed by atoms with Crippen LogP contribution in [0.5, 0.6) is 0 Å². The van der Waals surface area contributed by atoms with E-state index >= 15 is 0 Å². The number of nitrogens with zero attached hydrogens (tertiary/aromatic N) is 1. The van der Waals surface area contributed by atoms with E-state index in [9.17, 15) is 9.59 Å². The Kier molecular flexibility index (Phi) is 3.94. The standard InChI is InChI=1S/C12H22N2O2/c1-9(11(16)13-12(2,3)4)14-8-6-5-7-10(14)15/h9H,5-8H2,1-4H3,(H,13,16). The fourth-order valence-electron chi connectivity index (χ4n) is 1.85. The average molecular weight is 226 g/mol. The minimum Gasteiger partial charge on any atom is -0.350 e. The Morgan fingerprint density at radius 1 is 1.38 bits per heavy atom. The summed E-state index contributed by atoms with van der Waals surface area (Å²) in [5.41, 5.74) is -0.246. The molecule has 4 heteroatoms. The van der Waals surface area contributed by atoms with Crippen LogP contribution in [0.4, 0.5) is 0 Å². The van der Waals surface area contributed by atoms with Gasteiger partial charge in [-0.25, -0.2) is 0 Å². The first-order valence-corrected chi connectivity index (χ1v) is 5.93. The zero-order chi connectivity index (χ0) is 12.3. The van der Waals surface area contributed by atoms with Crippen molar-refractivity contribution < 1.29 is 9.59 Å². The fraction of sp³-hybridized carbons (Fsp3) is 0.833. The zero-order valence-electron chi connectivity index (χ0n) is 10.7. The van der Waals surface area contributed by atoms with Crippen LogP contribution in [0.25, 0.3) is 0 Å². The van der Waals surface area contributed by atoms with Gasteiger partial charge in [-0.15, -0.1) is 0 Å². The van der Waals surface area contributed by atoms with Crippen molar-refractivity contribution in [3.63, 3.8) is 0 Å². The van der Waals surface area contributed by atoms with Gasteiger partial charge in [-0.3, -0.25) is 9.59 Å². The van der Waals surface area contributed by atoms with Crippen molar-refractivity contribution in [2.45, 2.75) is 58.5 Å². The van der Waals surface area contributed by atoms with E-state index in [4.69, 9.17) is 0 Å². The fourth-order valence-corrected chi connectivity index (χ4v) is 1.85. The third kappa shape index (κ3) is 3.51. The molecule has 0 saturated carbocycles. The minimum atomic E-state index is -0.355. The van der Waals surface area contributed by atoms with Crippen LogP contribution >= 0.6 is 0 Å². The maximum atomic E-state index is 11.9. The third-order valence-corrected chi connectivity index (χ3v) is 2.71. The van der Waals surface area contributed by atoms with Gasteiger partial charge in [0.05, 0.1) is 0 Å². The predicted molar refractivity (Wildman–Crippen MR) is 62.9 cm³/mol. The molecule has 0 radical (unpaired) electrons. The van der Waals surface area contributed by atoms with E-state index < -0.39 is 0 Å². The van der Waals surface area contributed by atoms with Crippen LogP contribution in [0.15, 0.2) is 0 Å². The van der Waals surface area contributed by atoms with Crippen LogP contribution in [-0.2, 0) is 9.59 Å². The molecule has 1 heterocycles. The smallest absolute Gasteiger partial charge is 0.242 e. The van der Waals surface area contributed by atoms with Crippen molar-refractivity contribution in [3.8, 4) is 0 Å². The summed E-state index contributed by atoms with van der Waals surface area (Å²) >= 11 is 0. The highest BCUT2D eigenvalue weighted by molar-refractivity contribution is 5.88. The summed E-state index contributed by atoms with van der Waals surface area (Å²) in [6.07, 6.45) is 2.52. The van der Waals surface area contributed by atoms with Crippen LogP contribution in [0, 0.1) is 0 Å². The Labute approximate surface area is 97.4 Å². The van der Waals surface area contributed by atoms with Crippen molar-refractivity contribution in [3.05, 3.63) is 0 Å². The van der Waals surface area contributed by atoms with E-state index in [0.29, 0.717) is 13.0 Å². The summed E-state index contributed by atoms with van der Waals surface area (Å²) in [4.78, 5) is 25.2. The molecule has 2 amide bonds. The minimum absolute atomic E-state index is 0.0669. The molecule has 0 aromatic rings. The lowest BCUT2D eigenvalue weighted by Gasteiger charge is -2.33. The van der Waals surface area contributed by atoms with Crippen LogP contribution in [0.3, 0.4) is 0 Å². The molecule has 4 nitrogen and oxygen atoms in total. The summed E-state index contributed by atoms with van der Waals surface area (Å²) in [6, 6.07) is -0.355. The summed E-state index contributed by atoms with van der Waals surface area (Å²) in [5.74, 6) is 0.0329. The van der Waals surface area contributed by atoms with Gasteiger partial charge >= 0.3 is 0 Å². The maximum absolute atomic E-state index is 11.9. The first-order chi connectivity index (χ1) is 7.31. The monoisotopic (exact) mass is 226 g/mol. The van der Waals surface area contributed by atoms with E-state index in [-0.39, 0.29) is 23.4 Å². The number of piperidine rings is 1. The number of carbonyl (C=O) groups is 2. The lowest BCUT2D eigenvalue weighted by molar-refractivity contribution is -0.142. The first-order valence-electron chi connectivity index (χ1n) is 5.93. The quantitative estimate of drug-likeness (QED) is 0.771. The van der Waals surface area contributed by atoms with E-state index in [1.54, 1.807) is 11.8 Å². The SMILES string of the molecule is CC(C(=O)NC(C)(C)C)N1CCCCC1=O. The molecule has 0 aromatic carbocycles. The van der Waals surface area contributed by atoms with Gasteiger partial charge in [-0.2, -0.15) is 0 Å². The highest BCUT2D eigenvalue weighted by Gasteiger charge is 2.29. The van der Waals surface area contributed by atoms with Gasteiger partial charge in [0.25, 0.3) is 0 Å². The normalized spacial score (nSPS) is 19.5. The molecule has 0 bridgehead atoms. The summed E-state index contributed by atoms with van der Waals surface area (Å²) < 4.78 is 0. The van der Waals surface area contributed by atoms with Gasteiger partial charge in [0, 0.05) is 18.5 Å². The van der Waals surface area contributed by atoms with Crippen molar-refractivity contribution in [2.24, 2.45) is 0 Å². The van der Waals surface area contributed by atoms with E-state index in [2.05, 4.69) is 5.32 Å². The van der Waals surface area contributed by atoms with Crippen LogP contribution < -0.4 is 5.32 Å². The maximum Gasteiger partial charge on any atom is 0.242 e. The van der Waals surface area contributed by atoms with E-state index in [1.807, 2.05) is 20.8 Å². The highest BCUT2D eigenvalue weighted by Crippen LogP contribution is 2.14. The Bertz CT molecular complexity index is 281. The molecule has 16 heavy (non-hydrogen) atoms. The largest absolute Gasteiger partial charge is 0.350 e. The zero-order valence-corrected chi connectivity index (χ0v) is 10.7. The average Bonchev–Trinajstić information content (AvgIpc) is 2.15. The summed E-state index contributed by atoms with van der Waals surface area (Å²) in [7, 11) is 0. The van der Waals surface area contributed by atoms with Crippen molar-refractivity contribution in [1.29, 1.82) is 0 Å². The molecule has 1 unspecified atom stereocenters. The number of rotatable bonds is 2. The number of likely N-dealkylation sites (tertiary alicyclic amines) is 1. The van der Waals surface area contributed by atoms with Crippen molar-refractivity contribution in [2.75, 3.05) is 6.54 Å². The van der Waals surface area contributed by atoms with E-state index in [0.717, 1.165) is 12.8 Å². The second-order valence-corrected chi connectivity index (χ2v) is 5.46. The highest BCUT2D eigenvalue weighted by atomic mass is 16.2. The third-order valence-electron chi connectivity index (χ3n) is 2.71. The van der Waals surface area contributed by atoms with Crippen LogP contribution in [0.2, 0.25) is 0 Å². The molecule has 1 fully saturated rings. The Morgan fingerprint density at radius 3 is 2.50 bits per heavy atom. The molecule has 1 aliphatic heterocycles. The molecule has 1 saturated heterocycles. The molecule has 1 rings (SSSR count). The Balaban J connectivity index is 2.59. The van der Waals surface area contributed by atoms with Gasteiger partial charge < -0.3 is 10.2 Å². The number of amides is 2. The molecule has 0 spiro atoms. The number of carbonyl (C=O) groups excluding carboxylic acids is 2. The van der Waals surface area contributed by atoms with Crippen molar-refractivity contribution >= 4 is 11.8 Å². The summed E-state index contributed by atoms with van der Waals surface area (Å²) in [5, 5.41) is 2.90. The molecule has 0 aromatic heterocycles. The predicted octanol–water partition coefficient (Wildman–Crippen LogP) is 1.30. The Hall–Kier alpha value is -1.06. The second-order valence-electron chi connectivity index (χ2n) is 5.46. The first kappa shape index (κ1) is 13.0. The van der Waals surface area contributed by atoms with Crippen LogP contribution in [0.1, 0.15) is 47.0 Å². The van der Waals surface area contributed by atoms with Crippen LogP contribution in [-0.4, -0.2) is 34.8 Å². The topological polar surface area (TPSA) is 49.4 Å². The molecule has 1 aliphatic rings. The number of hydrogen-bond donors (Lipinski definition) is 1. The molecule has 0 aliphatic carbocycles. The van der Waals surface area contributed by atoms with E-state index in [1.165, 1.54) is 0 Å². The Morgan fingerprint density at radius 2 is 2.00 bits per heavy atom. The molecular formula is C12H22N2O2. The second kappa shape index (κ2) is 4.85. The van der Waals surface area contributed by atoms with Gasteiger partial charge in [-0.1, -0.05) is 0 Å². The molecule has 92 valence electrons. The molecule has 1 atom stereocenters. The van der Waals surface area contributed by atoms with Gasteiger partial charge in [0.2, 0.25) is 11.8 Å².